The van der Waals surface area contributed by atoms with Gasteiger partial charge in [0.15, 0.2) is 11.0 Å². The maximum absolute atomic E-state index is 13.7. The Kier molecular flexibility index (Phi) is 7.41. The van der Waals surface area contributed by atoms with Crippen LogP contribution in [0.1, 0.15) is 5.56 Å². The third-order valence-corrected chi connectivity index (χ3v) is 5.91. The van der Waals surface area contributed by atoms with Crippen molar-refractivity contribution in [3.05, 3.63) is 84.2 Å². The van der Waals surface area contributed by atoms with Gasteiger partial charge in [-0.2, -0.15) is 0 Å². The molecule has 0 fully saturated rings. The Morgan fingerprint density at radius 2 is 1.71 bits per heavy atom. The number of urea groups is 1. The SMILES string of the molecule is COc1ccccc1-c1nnc(SCC(=O)NC(=O)Nc2ccccc2F)n1-c1ccc(C)cc1. The number of rotatable bonds is 7. The van der Waals surface area contributed by atoms with Crippen LogP contribution < -0.4 is 15.4 Å². The quantitative estimate of drug-likeness (QED) is 0.360. The van der Waals surface area contributed by atoms with Crippen molar-refractivity contribution in [1.82, 2.24) is 20.1 Å². The molecule has 1 aromatic heterocycles. The first kappa shape index (κ1) is 24.0. The van der Waals surface area contributed by atoms with Gasteiger partial charge < -0.3 is 10.1 Å². The molecule has 0 aliphatic heterocycles. The minimum Gasteiger partial charge on any atom is -0.496 e. The van der Waals surface area contributed by atoms with Gasteiger partial charge in [0.2, 0.25) is 5.91 Å². The fourth-order valence-electron chi connectivity index (χ4n) is 3.30. The van der Waals surface area contributed by atoms with Gasteiger partial charge >= 0.3 is 6.03 Å². The Labute approximate surface area is 205 Å². The number of halogens is 1. The average Bonchev–Trinajstić information content (AvgIpc) is 3.28. The van der Waals surface area contributed by atoms with E-state index in [4.69, 9.17) is 4.74 Å². The van der Waals surface area contributed by atoms with Crippen molar-refractivity contribution >= 4 is 29.4 Å². The van der Waals surface area contributed by atoms with Crippen LogP contribution >= 0.6 is 11.8 Å². The van der Waals surface area contributed by atoms with E-state index in [0.717, 1.165) is 28.6 Å². The van der Waals surface area contributed by atoms with Crippen LogP contribution in [-0.2, 0) is 4.79 Å². The number of aryl methyl sites for hydroxylation is 1. The van der Waals surface area contributed by atoms with Crippen LogP contribution in [-0.4, -0.2) is 39.6 Å². The standard InChI is InChI=1S/C25H22FN5O3S/c1-16-11-13-17(14-12-16)31-23(18-7-3-6-10-21(18)34-2)29-30-25(31)35-15-22(32)28-24(33)27-20-9-5-4-8-19(20)26/h3-14H,15H2,1-2H3,(H2,27,28,32,33). The van der Waals surface area contributed by atoms with Crippen molar-refractivity contribution in [3.63, 3.8) is 0 Å². The molecule has 0 saturated carbocycles. The summed E-state index contributed by atoms with van der Waals surface area (Å²) in [6, 6.07) is 20.1. The Bertz CT molecular complexity index is 1360. The zero-order chi connectivity index (χ0) is 24.8. The van der Waals surface area contributed by atoms with E-state index in [2.05, 4.69) is 20.8 Å². The monoisotopic (exact) mass is 491 g/mol. The fourth-order valence-corrected chi connectivity index (χ4v) is 4.05. The molecule has 0 aliphatic rings. The molecule has 1 heterocycles. The molecule has 0 aliphatic carbocycles. The van der Waals surface area contributed by atoms with E-state index in [-0.39, 0.29) is 11.4 Å². The molecule has 8 nitrogen and oxygen atoms in total. The van der Waals surface area contributed by atoms with E-state index in [0.29, 0.717) is 16.7 Å². The van der Waals surface area contributed by atoms with Crippen LogP contribution in [0.4, 0.5) is 14.9 Å². The second-order valence-electron chi connectivity index (χ2n) is 7.45. The summed E-state index contributed by atoms with van der Waals surface area (Å²) in [6.07, 6.45) is 0. The van der Waals surface area contributed by atoms with Crippen LogP contribution in [0.2, 0.25) is 0 Å². The number of carbonyl (C=O) groups is 2. The zero-order valence-electron chi connectivity index (χ0n) is 19.0. The van der Waals surface area contributed by atoms with Gasteiger partial charge in [0, 0.05) is 5.69 Å². The van der Waals surface area contributed by atoms with E-state index in [1.54, 1.807) is 13.2 Å². The second-order valence-corrected chi connectivity index (χ2v) is 8.39. The molecule has 35 heavy (non-hydrogen) atoms. The van der Waals surface area contributed by atoms with Gasteiger partial charge in [-0.25, -0.2) is 9.18 Å². The number of hydrogen-bond acceptors (Lipinski definition) is 6. The summed E-state index contributed by atoms with van der Waals surface area (Å²) < 4.78 is 21.0. The van der Waals surface area contributed by atoms with Gasteiger partial charge in [0.25, 0.3) is 0 Å². The summed E-state index contributed by atoms with van der Waals surface area (Å²) in [7, 11) is 1.58. The number of nitrogens with one attached hydrogen (secondary N) is 2. The molecule has 4 rings (SSSR count). The summed E-state index contributed by atoms with van der Waals surface area (Å²) in [5.41, 5.74) is 2.62. The Balaban J connectivity index is 1.54. The lowest BCUT2D eigenvalue weighted by atomic mass is 10.1. The van der Waals surface area contributed by atoms with Gasteiger partial charge in [-0.05, 0) is 43.3 Å². The molecule has 0 spiro atoms. The summed E-state index contributed by atoms with van der Waals surface area (Å²) >= 11 is 1.12. The summed E-state index contributed by atoms with van der Waals surface area (Å²) in [4.78, 5) is 24.5. The number of aromatic nitrogens is 3. The number of thioether (sulfide) groups is 1. The predicted octanol–water partition coefficient (Wildman–Crippen LogP) is 4.83. The highest BCUT2D eigenvalue weighted by Gasteiger charge is 2.20. The second kappa shape index (κ2) is 10.8. The molecule has 0 saturated heterocycles. The lowest BCUT2D eigenvalue weighted by Gasteiger charge is -2.13. The average molecular weight is 492 g/mol. The lowest BCUT2D eigenvalue weighted by Crippen LogP contribution is -2.35. The number of anilines is 1. The van der Waals surface area contributed by atoms with E-state index in [1.165, 1.54) is 18.2 Å². The summed E-state index contributed by atoms with van der Waals surface area (Å²) in [5.74, 6) is -0.0970. The van der Waals surface area contributed by atoms with Crippen molar-refractivity contribution in [2.45, 2.75) is 12.1 Å². The molecule has 0 atom stereocenters. The van der Waals surface area contributed by atoms with E-state index < -0.39 is 17.8 Å². The normalized spacial score (nSPS) is 10.6. The Morgan fingerprint density at radius 1 is 1.00 bits per heavy atom. The number of nitrogens with zero attached hydrogens (tertiary/aromatic N) is 3. The molecular weight excluding hydrogens is 469 g/mol. The third kappa shape index (κ3) is 5.67. The minimum atomic E-state index is -0.824. The number of hydrogen-bond donors (Lipinski definition) is 2. The van der Waals surface area contributed by atoms with Crippen LogP contribution in [0.5, 0.6) is 5.75 Å². The molecule has 178 valence electrons. The van der Waals surface area contributed by atoms with Crippen molar-refractivity contribution < 1.29 is 18.7 Å². The number of imide groups is 1. The highest BCUT2D eigenvalue weighted by molar-refractivity contribution is 7.99. The van der Waals surface area contributed by atoms with Crippen LogP contribution in [0.25, 0.3) is 17.1 Å². The zero-order valence-corrected chi connectivity index (χ0v) is 19.8. The molecular formula is C25H22FN5O3S. The van der Waals surface area contributed by atoms with Gasteiger partial charge in [0.1, 0.15) is 11.6 Å². The van der Waals surface area contributed by atoms with Gasteiger partial charge in [-0.1, -0.05) is 53.7 Å². The number of benzene rings is 3. The van der Waals surface area contributed by atoms with E-state index in [9.17, 15) is 14.0 Å². The van der Waals surface area contributed by atoms with Crippen molar-refractivity contribution in [1.29, 1.82) is 0 Å². The first-order valence-corrected chi connectivity index (χ1v) is 11.6. The largest absolute Gasteiger partial charge is 0.496 e. The predicted molar refractivity (Wildman–Crippen MR) is 132 cm³/mol. The first-order valence-electron chi connectivity index (χ1n) is 10.6. The third-order valence-electron chi connectivity index (χ3n) is 4.98. The number of amides is 3. The van der Waals surface area contributed by atoms with Gasteiger partial charge in [-0.15, -0.1) is 10.2 Å². The molecule has 10 heteroatoms. The first-order chi connectivity index (χ1) is 17.0. The van der Waals surface area contributed by atoms with E-state index in [1.807, 2.05) is 60.0 Å². The molecule has 3 amide bonds. The molecule has 2 N–H and O–H groups in total. The van der Waals surface area contributed by atoms with Crippen LogP contribution in [0.15, 0.2) is 78.0 Å². The Hall–Kier alpha value is -4.18. The van der Waals surface area contributed by atoms with Crippen molar-refractivity contribution in [2.75, 3.05) is 18.2 Å². The van der Waals surface area contributed by atoms with Crippen molar-refractivity contribution in [3.8, 4) is 22.8 Å². The molecule has 0 unspecified atom stereocenters. The number of methoxy groups -OCH3 is 1. The maximum Gasteiger partial charge on any atom is 0.325 e. The number of carbonyl (C=O) groups excluding carboxylic acids is 2. The lowest BCUT2D eigenvalue weighted by molar-refractivity contribution is -0.117. The maximum atomic E-state index is 13.7. The van der Waals surface area contributed by atoms with Gasteiger partial charge in [0.05, 0.1) is 24.1 Å². The summed E-state index contributed by atoms with van der Waals surface area (Å²) in [6.45, 7) is 1.99. The van der Waals surface area contributed by atoms with E-state index >= 15 is 0 Å². The number of ether oxygens (including phenoxy) is 1. The fraction of sp³-hybridized carbons (Fsp3) is 0.120. The molecule has 3 aromatic carbocycles. The molecule has 0 bridgehead atoms. The highest BCUT2D eigenvalue weighted by Crippen LogP contribution is 2.33. The van der Waals surface area contributed by atoms with Crippen LogP contribution in [0, 0.1) is 12.7 Å². The smallest absolute Gasteiger partial charge is 0.325 e. The van der Waals surface area contributed by atoms with Crippen molar-refractivity contribution in [2.24, 2.45) is 0 Å². The van der Waals surface area contributed by atoms with Crippen LogP contribution in [0.3, 0.4) is 0 Å². The minimum absolute atomic E-state index is 0.0222. The highest BCUT2D eigenvalue weighted by atomic mass is 32.2. The molecule has 4 aromatic rings. The topological polar surface area (TPSA) is 98.1 Å². The summed E-state index contributed by atoms with van der Waals surface area (Å²) in [5, 5.41) is 13.6. The number of para-hydroxylation sites is 2. The van der Waals surface area contributed by atoms with Gasteiger partial charge in [-0.3, -0.25) is 14.7 Å². The molecule has 0 radical (unpaired) electrons. The Morgan fingerprint density at radius 3 is 2.46 bits per heavy atom.